The molecule has 4 rings (SSSR count). The number of fused-ring (bicyclic) bond motifs is 3. The number of aliphatic imine (C=N–C) groups is 1. The summed E-state index contributed by atoms with van der Waals surface area (Å²) in [4.78, 5) is 17.3. The van der Waals surface area contributed by atoms with Gasteiger partial charge in [0.1, 0.15) is 11.6 Å². The second kappa shape index (κ2) is 7.33. The fourth-order valence-electron chi connectivity index (χ4n) is 3.25. The van der Waals surface area contributed by atoms with Crippen LogP contribution in [0.4, 0.5) is 0 Å². The monoisotopic (exact) mass is 409 g/mol. The fraction of sp³-hybridized carbons (Fsp3) is 0.238. The van der Waals surface area contributed by atoms with Gasteiger partial charge < -0.3 is 10.4 Å². The van der Waals surface area contributed by atoms with Crippen LogP contribution in [0.1, 0.15) is 42.8 Å². The van der Waals surface area contributed by atoms with E-state index >= 15 is 0 Å². The summed E-state index contributed by atoms with van der Waals surface area (Å²) >= 11 is 6.06. The fourth-order valence-corrected chi connectivity index (χ4v) is 3.38. The SMILES string of the molecule is Cc1nnc2n1-c1ccc(O)cc1C(c1ccc(Cl)cc1)=N[C@H]2NC(=O)C(C)C. The molecule has 148 valence electrons. The minimum Gasteiger partial charge on any atom is -0.508 e. The van der Waals surface area contributed by atoms with Gasteiger partial charge in [-0.1, -0.05) is 37.6 Å². The van der Waals surface area contributed by atoms with Crippen molar-refractivity contribution in [3.05, 3.63) is 70.3 Å². The average Bonchev–Trinajstić information content (AvgIpc) is 3.00. The van der Waals surface area contributed by atoms with E-state index in [2.05, 4.69) is 15.5 Å². The number of amides is 1. The van der Waals surface area contributed by atoms with Crippen molar-refractivity contribution in [2.45, 2.75) is 26.9 Å². The third kappa shape index (κ3) is 3.49. The number of phenolic OH excluding ortho intramolecular Hbond substituents is 1. The molecule has 2 aromatic carbocycles. The number of halogens is 1. The van der Waals surface area contributed by atoms with Crippen LogP contribution in [0.25, 0.3) is 5.69 Å². The van der Waals surface area contributed by atoms with Gasteiger partial charge in [-0.25, -0.2) is 0 Å². The van der Waals surface area contributed by atoms with Crippen molar-refractivity contribution in [3.8, 4) is 11.4 Å². The predicted molar refractivity (Wildman–Crippen MR) is 111 cm³/mol. The summed E-state index contributed by atoms with van der Waals surface area (Å²) in [6.45, 7) is 5.47. The maximum absolute atomic E-state index is 12.5. The zero-order chi connectivity index (χ0) is 20.7. The minimum atomic E-state index is -0.730. The minimum absolute atomic E-state index is 0.113. The standard InChI is InChI=1S/C21H20ClN5O2/c1-11(2)21(29)24-19-20-26-25-12(3)27(20)17-9-8-15(28)10-16(17)18(23-19)13-4-6-14(22)7-5-13/h4-11,19,28H,1-3H3,(H,24,29)/t19-/m0/s1. The number of aromatic hydroxyl groups is 1. The molecule has 1 aromatic heterocycles. The normalized spacial score (nSPS) is 15.3. The van der Waals surface area contributed by atoms with Gasteiger partial charge in [0.2, 0.25) is 5.91 Å². The van der Waals surface area contributed by atoms with Crippen LogP contribution in [-0.4, -0.2) is 31.5 Å². The second-order valence-corrected chi connectivity index (χ2v) is 7.63. The highest BCUT2D eigenvalue weighted by Crippen LogP contribution is 2.32. The first kappa shape index (κ1) is 19.1. The van der Waals surface area contributed by atoms with E-state index in [4.69, 9.17) is 16.6 Å². The number of aryl methyl sites for hydroxylation is 1. The summed E-state index contributed by atoms with van der Waals surface area (Å²) in [5.41, 5.74) is 2.90. The number of nitrogens with one attached hydrogen (secondary N) is 1. The molecule has 0 radical (unpaired) electrons. The van der Waals surface area contributed by atoms with Crippen LogP contribution in [0.15, 0.2) is 47.5 Å². The van der Waals surface area contributed by atoms with Crippen LogP contribution >= 0.6 is 11.6 Å². The first-order valence-electron chi connectivity index (χ1n) is 9.25. The number of carbonyl (C=O) groups is 1. The van der Waals surface area contributed by atoms with Crippen molar-refractivity contribution in [3.63, 3.8) is 0 Å². The molecule has 0 bridgehead atoms. The lowest BCUT2D eigenvalue weighted by Crippen LogP contribution is -2.32. The molecule has 1 aliphatic heterocycles. The third-order valence-corrected chi connectivity index (χ3v) is 5.00. The molecule has 0 unspecified atom stereocenters. The van der Waals surface area contributed by atoms with Crippen LogP contribution in [0.2, 0.25) is 5.02 Å². The number of phenols is 1. The molecule has 2 N–H and O–H groups in total. The Kier molecular flexibility index (Phi) is 4.84. The van der Waals surface area contributed by atoms with E-state index in [9.17, 15) is 9.90 Å². The first-order valence-corrected chi connectivity index (χ1v) is 9.62. The molecule has 1 atom stereocenters. The molecule has 0 spiro atoms. The predicted octanol–water partition coefficient (Wildman–Crippen LogP) is 3.56. The quantitative estimate of drug-likeness (QED) is 0.691. The summed E-state index contributed by atoms with van der Waals surface area (Å²) in [6.07, 6.45) is -0.730. The molecule has 3 aromatic rings. The molecule has 0 saturated heterocycles. The van der Waals surface area contributed by atoms with E-state index in [1.807, 2.05) is 37.5 Å². The Hall–Kier alpha value is -3.19. The molecule has 1 aliphatic rings. The molecule has 7 nitrogen and oxygen atoms in total. The zero-order valence-corrected chi connectivity index (χ0v) is 17.0. The second-order valence-electron chi connectivity index (χ2n) is 7.19. The van der Waals surface area contributed by atoms with Crippen LogP contribution in [0, 0.1) is 12.8 Å². The van der Waals surface area contributed by atoms with Gasteiger partial charge in [0.25, 0.3) is 0 Å². The van der Waals surface area contributed by atoms with E-state index in [0.717, 1.165) is 11.3 Å². The summed E-state index contributed by atoms with van der Waals surface area (Å²) in [5.74, 6) is 0.921. The number of nitrogens with zero attached hydrogens (tertiary/aromatic N) is 4. The highest BCUT2D eigenvalue weighted by molar-refractivity contribution is 6.30. The Morgan fingerprint density at radius 3 is 2.59 bits per heavy atom. The van der Waals surface area contributed by atoms with Crippen molar-refractivity contribution in [2.75, 3.05) is 0 Å². The Morgan fingerprint density at radius 1 is 1.17 bits per heavy atom. The van der Waals surface area contributed by atoms with Crippen molar-refractivity contribution in [1.29, 1.82) is 0 Å². The molecule has 29 heavy (non-hydrogen) atoms. The number of rotatable bonds is 3. The van der Waals surface area contributed by atoms with Gasteiger partial charge in [-0.3, -0.25) is 14.4 Å². The summed E-state index contributed by atoms with van der Waals surface area (Å²) in [7, 11) is 0. The van der Waals surface area contributed by atoms with Crippen molar-refractivity contribution >= 4 is 23.2 Å². The molecule has 8 heteroatoms. The van der Waals surface area contributed by atoms with E-state index in [1.54, 1.807) is 30.3 Å². The number of benzene rings is 2. The van der Waals surface area contributed by atoms with Crippen molar-refractivity contribution in [1.82, 2.24) is 20.1 Å². The summed E-state index contributed by atoms with van der Waals surface area (Å²) in [5, 5.41) is 22.2. The maximum atomic E-state index is 12.5. The van der Waals surface area contributed by atoms with Gasteiger partial charge in [0.15, 0.2) is 12.0 Å². The first-order chi connectivity index (χ1) is 13.8. The van der Waals surface area contributed by atoms with Gasteiger partial charge in [0.05, 0.1) is 11.4 Å². The Morgan fingerprint density at radius 2 is 1.90 bits per heavy atom. The van der Waals surface area contributed by atoms with E-state index in [-0.39, 0.29) is 17.6 Å². The van der Waals surface area contributed by atoms with Crippen LogP contribution < -0.4 is 5.32 Å². The highest BCUT2D eigenvalue weighted by Gasteiger charge is 2.29. The van der Waals surface area contributed by atoms with Gasteiger partial charge >= 0.3 is 0 Å². The summed E-state index contributed by atoms with van der Waals surface area (Å²) < 4.78 is 1.85. The number of carbonyl (C=O) groups excluding carboxylic acids is 1. The lowest BCUT2D eigenvalue weighted by molar-refractivity contribution is -0.124. The van der Waals surface area contributed by atoms with Gasteiger partial charge in [-0.15, -0.1) is 10.2 Å². The van der Waals surface area contributed by atoms with Crippen molar-refractivity contribution < 1.29 is 9.90 Å². The van der Waals surface area contributed by atoms with E-state index in [0.29, 0.717) is 27.9 Å². The van der Waals surface area contributed by atoms with Gasteiger partial charge in [0, 0.05) is 22.1 Å². The molecular formula is C21H20ClN5O2. The van der Waals surface area contributed by atoms with Crippen LogP contribution in [0.3, 0.4) is 0 Å². The van der Waals surface area contributed by atoms with Gasteiger partial charge in [-0.2, -0.15) is 0 Å². The molecule has 0 fully saturated rings. The van der Waals surface area contributed by atoms with E-state index < -0.39 is 6.17 Å². The Balaban J connectivity index is 1.97. The molecule has 1 amide bonds. The average molecular weight is 410 g/mol. The van der Waals surface area contributed by atoms with Crippen LogP contribution in [0.5, 0.6) is 5.75 Å². The Bertz CT molecular complexity index is 1120. The number of hydrogen-bond donors (Lipinski definition) is 2. The van der Waals surface area contributed by atoms with Crippen LogP contribution in [-0.2, 0) is 4.79 Å². The largest absolute Gasteiger partial charge is 0.508 e. The molecule has 0 saturated carbocycles. The number of aromatic nitrogens is 3. The van der Waals surface area contributed by atoms with E-state index in [1.165, 1.54) is 0 Å². The van der Waals surface area contributed by atoms with Crippen molar-refractivity contribution in [2.24, 2.45) is 10.9 Å². The smallest absolute Gasteiger partial charge is 0.224 e. The Labute approximate surface area is 173 Å². The number of hydrogen-bond acceptors (Lipinski definition) is 5. The zero-order valence-electron chi connectivity index (χ0n) is 16.2. The highest BCUT2D eigenvalue weighted by atomic mass is 35.5. The summed E-state index contributed by atoms with van der Waals surface area (Å²) in [6, 6.07) is 12.3. The molecule has 0 aliphatic carbocycles. The lowest BCUT2D eigenvalue weighted by Gasteiger charge is -2.15. The molecule has 2 heterocycles. The third-order valence-electron chi connectivity index (χ3n) is 4.75. The lowest BCUT2D eigenvalue weighted by atomic mass is 10.00. The molecular weight excluding hydrogens is 390 g/mol. The van der Waals surface area contributed by atoms with Gasteiger partial charge in [-0.05, 0) is 37.3 Å². The topological polar surface area (TPSA) is 92.4 Å². The maximum Gasteiger partial charge on any atom is 0.224 e.